The van der Waals surface area contributed by atoms with Crippen LogP contribution in [0, 0.1) is 5.92 Å². The molecular weight excluding hydrogens is 534 g/mol. The van der Waals surface area contributed by atoms with E-state index in [0.717, 1.165) is 71.7 Å². The molecular formula is C32H39N5O5. The van der Waals surface area contributed by atoms with E-state index in [1.54, 1.807) is 19.2 Å². The topological polar surface area (TPSA) is 114 Å². The molecule has 0 saturated heterocycles. The molecule has 1 atom stereocenters. The number of methoxy groups -OCH3 is 2. The Kier molecular flexibility index (Phi) is 9.19. The Morgan fingerprint density at radius 2 is 1.79 bits per heavy atom. The van der Waals surface area contributed by atoms with Gasteiger partial charge in [0.25, 0.3) is 0 Å². The second-order valence-electron chi connectivity index (χ2n) is 10.8. The largest absolute Gasteiger partial charge is 0.494 e. The fraction of sp³-hybridized carbons (Fsp3) is 0.469. The van der Waals surface area contributed by atoms with Crippen LogP contribution in [0.15, 0.2) is 45.5 Å². The first kappa shape index (κ1) is 29.3. The molecule has 2 aromatic carbocycles. The van der Waals surface area contributed by atoms with Gasteiger partial charge in [0.15, 0.2) is 11.5 Å². The number of nitrogens with one attached hydrogen (secondary N) is 1. The van der Waals surface area contributed by atoms with E-state index in [2.05, 4.69) is 30.4 Å². The van der Waals surface area contributed by atoms with Crippen molar-refractivity contribution in [2.75, 3.05) is 27.4 Å². The predicted molar refractivity (Wildman–Crippen MR) is 162 cm³/mol. The molecule has 3 heterocycles. The quantitative estimate of drug-likeness (QED) is 0.372. The first-order valence-corrected chi connectivity index (χ1v) is 14.7. The van der Waals surface area contributed by atoms with Crippen molar-refractivity contribution in [1.82, 2.24) is 10.4 Å². The fourth-order valence-corrected chi connectivity index (χ4v) is 5.57. The van der Waals surface area contributed by atoms with Crippen LogP contribution in [0.3, 0.4) is 0 Å². The highest BCUT2D eigenvalue weighted by Crippen LogP contribution is 2.40. The molecule has 10 nitrogen and oxygen atoms in total. The number of nitrogens with zero attached hydrogens (tertiary/aromatic N) is 4. The molecule has 2 aromatic rings. The Morgan fingerprint density at radius 1 is 0.976 bits per heavy atom. The molecule has 0 saturated carbocycles. The zero-order chi connectivity index (χ0) is 29.6. The maximum absolute atomic E-state index is 12.9. The van der Waals surface area contributed by atoms with E-state index in [4.69, 9.17) is 24.3 Å². The Bertz CT molecular complexity index is 1450. The summed E-state index contributed by atoms with van der Waals surface area (Å²) in [4.78, 5) is 29.2. The maximum atomic E-state index is 12.9. The molecule has 0 bridgehead atoms. The van der Waals surface area contributed by atoms with Crippen LogP contribution in [0.4, 0.5) is 5.69 Å². The van der Waals surface area contributed by atoms with Gasteiger partial charge < -0.3 is 14.2 Å². The lowest BCUT2D eigenvalue weighted by Gasteiger charge is -2.30. The minimum absolute atomic E-state index is 0.0254. The number of hydrogen-bond donors (Lipinski definition) is 1. The number of hydrazone groups is 2. The Morgan fingerprint density at radius 3 is 2.52 bits per heavy atom. The molecule has 3 aliphatic heterocycles. The molecule has 0 fully saturated rings. The first-order valence-electron chi connectivity index (χ1n) is 14.7. The maximum Gasteiger partial charge on any atom is 0.243 e. The van der Waals surface area contributed by atoms with Crippen molar-refractivity contribution < 1.29 is 23.8 Å². The lowest BCUT2D eigenvalue weighted by Crippen LogP contribution is -2.37. The number of carbonyl (C=O) groups is 2. The standard InChI is InChI=1S/C32H39N5O5/c1-5-22-9-10-24-23(11-14-27(40-3)32(24)33-22)31-20(2)18-30(39)37(36-31)16-6-7-17-42-26-13-8-21(19-28(26)41-4)25-12-15-29(38)35-34-25/h8,11,13-14,19-20H,5-7,9-10,12,15-18H2,1-4H3,(H,35,38). The summed E-state index contributed by atoms with van der Waals surface area (Å²) in [7, 11) is 3.28. The second kappa shape index (κ2) is 13.2. The summed E-state index contributed by atoms with van der Waals surface area (Å²) in [6.45, 7) is 5.20. The van der Waals surface area contributed by atoms with Gasteiger partial charge in [0.05, 0.1) is 32.2 Å². The van der Waals surface area contributed by atoms with E-state index >= 15 is 0 Å². The van der Waals surface area contributed by atoms with Crippen LogP contribution < -0.4 is 19.6 Å². The molecule has 42 heavy (non-hydrogen) atoms. The lowest BCUT2D eigenvalue weighted by molar-refractivity contribution is -0.132. The van der Waals surface area contributed by atoms with Crippen molar-refractivity contribution >= 4 is 34.6 Å². The van der Waals surface area contributed by atoms with Crippen LogP contribution in [0.1, 0.15) is 75.5 Å². The smallest absolute Gasteiger partial charge is 0.243 e. The number of fused-ring (bicyclic) bond motifs is 1. The number of rotatable bonds is 11. The number of amides is 2. The molecule has 2 amide bonds. The average molecular weight is 574 g/mol. The molecule has 222 valence electrons. The summed E-state index contributed by atoms with van der Waals surface area (Å²) in [5.41, 5.74) is 9.46. The first-order chi connectivity index (χ1) is 20.4. The van der Waals surface area contributed by atoms with Crippen molar-refractivity contribution in [1.29, 1.82) is 0 Å². The fourth-order valence-electron chi connectivity index (χ4n) is 5.57. The molecule has 0 aromatic heterocycles. The summed E-state index contributed by atoms with van der Waals surface area (Å²) in [6, 6.07) is 9.69. The van der Waals surface area contributed by atoms with E-state index in [-0.39, 0.29) is 17.7 Å². The van der Waals surface area contributed by atoms with Gasteiger partial charge in [0, 0.05) is 48.6 Å². The third-order valence-electron chi connectivity index (χ3n) is 7.97. The van der Waals surface area contributed by atoms with Crippen LogP contribution >= 0.6 is 0 Å². The van der Waals surface area contributed by atoms with E-state index in [1.807, 2.05) is 24.3 Å². The molecule has 5 rings (SSSR count). The zero-order valence-electron chi connectivity index (χ0n) is 24.9. The second-order valence-corrected chi connectivity index (χ2v) is 10.8. The number of ether oxygens (including phenoxy) is 3. The highest BCUT2D eigenvalue weighted by molar-refractivity contribution is 6.08. The van der Waals surface area contributed by atoms with Crippen LogP contribution in [-0.4, -0.2) is 61.3 Å². The van der Waals surface area contributed by atoms with Crippen LogP contribution in [0.25, 0.3) is 0 Å². The van der Waals surface area contributed by atoms with Crippen molar-refractivity contribution in [3.8, 4) is 17.2 Å². The minimum atomic E-state index is -0.0757. The average Bonchev–Trinajstić information content (AvgIpc) is 3.01. The Hall–Kier alpha value is -4.21. The van der Waals surface area contributed by atoms with Gasteiger partial charge in [-0.2, -0.15) is 10.2 Å². The number of benzene rings is 2. The molecule has 3 aliphatic rings. The third-order valence-corrected chi connectivity index (χ3v) is 7.97. The van der Waals surface area contributed by atoms with E-state index in [0.29, 0.717) is 43.9 Å². The zero-order valence-corrected chi connectivity index (χ0v) is 24.9. The Labute approximate surface area is 246 Å². The van der Waals surface area contributed by atoms with Crippen molar-refractivity contribution in [2.24, 2.45) is 21.1 Å². The van der Waals surface area contributed by atoms with Crippen LogP contribution in [-0.2, 0) is 16.0 Å². The van der Waals surface area contributed by atoms with Gasteiger partial charge in [-0.15, -0.1) is 0 Å². The molecule has 10 heteroatoms. The number of hydrogen-bond acceptors (Lipinski definition) is 8. The Balaban J connectivity index is 1.22. The van der Waals surface area contributed by atoms with Crippen molar-refractivity contribution in [3.05, 3.63) is 47.0 Å². The highest BCUT2D eigenvalue weighted by Gasteiger charge is 2.30. The normalized spacial score (nSPS) is 18.4. The predicted octanol–water partition coefficient (Wildman–Crippen LogP) is 5.18. The SMILES string of the molecule is CCC1=Nc2c(OC)ccc(C3=NN(CCCCOc4ccc(C5=NNC(=O)CC5)cc4OC)C(=O)CC3C)c2CC1. The summed E-state index contributed by atoms with van der Waals surface area (Å²) >= 11 is 0. The third kappa shape index (κ3) is 6.32. The van der Waals surface area contributed by atoms with E-state index in [1.165, 1.54) is 5.71 Å². The monoisotopic (exact) mass is 573 g/mol. The summed E-state index contributed by atoms with van der Waals surface area (Å²) in [5, 5.41) is 10.6. The van der Waals surface area contributed by atoms with Gasteiger partial charge in [0.2, 0.25) is 11.8 Å². The number of unbranched alkanes of at least 4 members (excludes halogenated alkanes) is 1. The number of carbonyl (C=O) groups excluding carboxylic acids is 2. The van der Waals surface area contributed by atoms with E-state index in [9.17, 15) is 9.59 Å². The minimum Gasteiger partial charge on any atom is -0.494 e. The summed E-state index contributed by atoms with van der Waals surface area (Å²) in [5.74, 6) is 2.02. The van der Waals surface area contributed by atoms with Crippen LogP contribution in [0.5, 0.6) is 17.2 Å². The van der Waals surface area contributed by atoms with Gasteiger partial charge in [-0.05, 0) is 68.0 Å². The van der Waals surface area contributed by atoms with Gasteiger partial charge in [-0.3, -0.25) is 14.6 Å². The van der Waals surface area contributed by atoms with Gasteiger partial charge in [-0.25, -0.2) is 10.4 Å². The molecule has 1 unspecified atom stereocenters. The molecule has 0 radical (unpaired) electrons. The van der Waals surface area contributed by atoms with Gasteiger partial charge in [0.1, 0.15) is 11.4 Å². The molecule has 0 aliphatic carbocycles. The van der Waals surface area contributed by atoms with E-state index < -0.39 is 0 Å². The van der Waals surface area contributed by atoms with Gasteiger partial charge in [-0.1, -0.05) is 13.8 Å². The van der Waals surface area contributed by atoms with Gasteiger partial charge >= 0.3 is 0 Å². The molecule has 0 spiro atoms. The summed E-state index contributed by atoms with van der Waals surface area (Å²) in [6.07, 6.45) is 5.67. The lowest BCUT2D eigenvalue weighted by atomic mass is 9.87. The van der Waals surface area contributed by atoms with Crippen LogP contribution in [0.2, 0.25) is 0 Å². The summed E-state index contributed by atoms with van der Waals surface area (Å²) < 4.78 is 17.2. The number of aliphatic imine (C=N–C) groups is 1. The van der Waals surface area contributed by atoms with Crippen molar-refractivity contribution in [3.63, 3.8) is 0 Å². The van der Waals surface area contributed by atoms with Crippen molar-refractivity contribution in [2.45, 2.75) is 65.2 Å². The molecule has 1 N–H and O–H groups in total. The highest BCUT2D eigenvalue weighted by atomic mass is 16.5.